The molecule has 2 heterocycles. The molecule has 1 aliphatic rings. The number of thioether (sulfide) groups is 1. The van der Waals surface area contributed by atoms with Crippen molar-refractivity contribution in [3.8, 4) is 0 Å². The van der Waals surface area contributed by atoms with Crippen LogP contribution >= 0.6 is 11.8 Å². The molecule has 1 atom stereocenters. The van der Waals surface area contributed by atoms with Crippen molar-refractivity contribution in [3.63, 3.8) is 0 Å². The quantitative estimate of drug-likeness (QED) is 0.762. The maximum atomic E-state index is 13.6. The maximum Gasteiger partial charge on any atom is 0.419 e. The van der Waals surface area contributed by atoms with Crippen LogP contribution in [0.2, 0.25) is 0 Å². The van der Waals surface area contributed by atoms with E-state index in [0.717, 1.165) is 22.6 Å². The summed E-state index contributed by atoms with van der Waals surface area (Å²) in [5.41, 5.74) is 2.00. The van der Waals surface area contributed by atoms with Crippen LogP contribution in [0.4, 0.5) is 4.39 Å². The second kappa shape index (κ2) is 6.99. The Bertz CT molecular complexity index is 1030. The first-order valence-corrected chi connectivity index (χ1v) is 9.40. The van der Waals surface area contributed by atoms with E-state index in [2.05, 4.69) is 5.32 Å². The Morgan fingerprint density at radius 1 is 1.31 bits per heavy atom. The monoisotopic (exact) mass is 372 g/mol. The second-order valence-electron chi connectivity index (χ2n) is 6.18. The van der Waals surface area contributed by atoms with E-state index in [-0.39, 0.29) is 30.7 Å². The Labute approximate surface area is 153 Å². The van der Waals surface area contributed by atoms with Crippen LogP contribution in [0.5, 0.6) is 0 Å². The molecule has 0 spiro atoms. The summed E-state index contributed by atoms with van der Waals surface area (Å²) in [4.78, 5) is 25.4. The second-order valence-corrected chi connectivity index (χ2v) is 7.31. The first kappa shape index (κ1) is 16.9. The molecule has 0 saturated carbocycles. The lowest BCUT2D eigenvalue weighted by Gasteiger charge is -2.26. The lowest BCUT2D eigenvalue weighted by molar-refractivity contribution is -0.122. The zero-order chi connectivity index (χ0) is 18.1. The van der Waals surface area contributed by atoms with Gasteiger partial charge in [-0.3, -0.25) is 9.36 Å². The highest BCUT2D eigenvalue weighted by Gasteiger charge is 2.23. The first-order valence-electron chi connectivity index (χ1n) is 8.42. The summed E-state index contributed by atoms with van der Waals surface area (Å²) in [5.74, 6) is -0.0771. The summed E-state index contributed by atoms with van der Waals surface area (Å²) in [7, 11) is 0. The summed E-state index contributed by atoms with van der Waals surface area (Å²) in [5, 5.41) is 2.97. The number of para-hydroxylation sites is 2. The summed E-state index contributed by atoms with van der Waals surface area (Å²) in [6.07, 6.45) is 0.902. The van der Waals surface area contributed by atoms with Gasteiger partial charge in [0.1, 0.15) is 5.82 Å². The highest BCUT2D eigenvalue weighted by molar-refractivity contribution is 7.99. The lowest BCUT2D eigenvalue weighted by atomic mass is 10.0. The van der Waals surface area contributed by atoms with Crippen LogP contribution in [0.1, 0.15) is 24.4 Å². The molecule has 1 aromatic heterocycles. The van der Waals surface area contributed by atoms with Crippen molar-refractivity contribution in [2.45, 2.75) is 30.3 Å². The van der Waals surface area contributed by atoms with E-state index in [1.54, 1.807) is 36.0 Å². The summed E-state index contributed by atoms with van der Waals surface area (Å²) in [6.45, 7) is 0.235. The van der Waals surface area contributed by atoms with Crippen molar-refractivity contribution >= 4 is 28.8 Å². The zero-order valence-corrected chi connectivity index (χ0v) is 14.7. The number of aryl methyl sites for hydroxylation is 1. The number of fused-ring (bicyclic) bond motifs is 2. The molecular formula is C19H17FN2O3S. The highest BCUT2D eigenvalue weighted by Crippen LogP contribution is 2.36. The Morgan fingerprint density at radius 3 is 3.04 bits per heavy atom. The van der Waals surface area contributed by atoms with Gasteiger partial charge < -0.3 is 9.73 Å². The van der Waals surface area contributed by atoms with Crippen LogP contribution in [-0.4, -0.2) is 16.2 Å². The number of rotatable bonds is 4. The van der Waals surface area contributed by atoms with Gasteiger partial charge in [-0.25, -0.2) is 9.18 Å². The topological polar surface area (TPSA) is 64.2 Å². The van der Waals surface area contributed by atoms with Gasteiger partial charge in [0, 0.05) is 23.6 Å². The van der Waals surface area contributed by atoms with Gasteiger partial charge in [0.05, 0.1) is 11.6 Å². The number of oxazole rings is 1. The number of hydrogen-bond acceptors (Lipinski definition) is 4. The fraction of sp³-hybridized carbons (Fsp3) is 0.263. The van der Waals surface area contributed by atoms with Crippen molar-refractivity contribution < 1.29 is 13.6 Å². The molecule has 1 aliphatic heterocycles. The number of nitrogens with zero attached hydrogens (tertiary/aromatic N) is 1. The standard InChI is InChI=1S/C19H17FN2O3S/c20-12-5-6-17-13(11-12)14(8-10-26-17)21-18(23)7-9-22-15-3-1-2-4-16(15)25-19(22)24/h1-6,11,14H,7-10H2,(H,21,23). The highest BCUT2D eigenvalue weighted by atomic mass is 32.2. The fourth-order valence-electron chi connectivity index (χ4n) is 3.22. The van der Waals surface area contributed by atoms with Gasteiger partial charge >= 0.3 is 5.76 Å². The van der Waals surface area contributed by atoms with Gasteiger partial charge in [-0.1, -0.05) is 12.1 Å². The number of hydrogen-bond donors (Lipinski definition) is 1. The minimum atomic E-state index is -0.472. The molecule has 3 aromatic rings. The van der Waals surface area contributed by atoms with Gasteiger partial charge in [0.25, 0.3) is 0 Å². The van der Waals surface area contributed by atoms with Gasteiger partial charge in [0.15, 0.2) is 5.58 Å². The van der Waals surface area contributed by atoms with Crippen LogP contribution in [0.15, 0.2) is 56.6 Å². The Balaban J connectivity index is 1.46. The molecule has 26 heavy (non-hydrogen) atoms. The van der Waals surface area contributed by atoms with Crippen molar-refractivity contribution in [2.24, 2.45) is 0 Å². The van der Waals surface area contributed by atoms with E-state index in [4.69, 9.17) is 4.42 Å². The number of nitrogens with one attached hydrogen (secondary N) is 1. The molecular weight excluding hydrogens is 355 g/mol. The largest absolute Gasteiger partial charge is 0.419 e. The van der Waals surface area contributed by atoms with Crippen molar-refractivity contribution in [1.29, 1.82) is 0 Å². The average molecular weight is 372 g/mol. The van der Waals surface area contributed by atoms with E-state index in [9.17, 15) is 14.0 Å². The van der Waals surface area contributed by atoms with E-state index in [1.165, 1.54) is 16.7 Å². The summed E-state index contributed by atoms with van der Waals surface area (Å²) < 4.78 is 20.2. The molecule has 0 radical (unpaired) electrons. The van der Waals surface area contributed by atoms with Crippen molar-refractivity contribution in [3.05, 3.63) is 64.4 Å². The average Bonchev–Trinajstić information content (AvgIpc) is 2.95. The third-order valence-electron chi connectivity index (χ3n) is 4.48. The molecule has 1 N–H and O–H groups in total. The third kappa shape index (κ3) is 3.26. The van der Waals surface area contributed by atoms with Crippen LogP contribution < -0.4 is 11.1 Å². The van der Waals surface area contributed by atoms with Gasteiger partial charge in [0.2, 0.25) is 5.91 Å². The number of halogens is 1. The molecule has 1 unspecified atom stereocenters. The van der Waals surface area contributed by atoms with E-state index in [1.807, 2.05) is 6.07 Å². The number of aromatic nitrogens is 1. The lowest BCUT2D eigenvalue weighted by Crippen LogP contribution is -2.32. The predicted octanol–water partition coefficient (Wildman–Crippen LogP) is 3.48. The Morgan fingerprint density at radius 2 is 2.15 bits per heavy atom. The number of amides is 1. The molecule has 4 rings (SSSR count). The normalized spacial score (nSPS) is 16.4. The molecule has 0 fully saturated rings. The fourth-order valence-corrected chi connectivity index (χ4v) is 4.33. The molecule has 0 aliphatic carbocycles. The maximum absolute atomic E-state index is 13.6. The van der Waals surface area contributed by atoms with Crippen LogP contribution in [0.3, 0.4) is 0 Å². The summed E-state index contributed by atoms with van der Waals surface area (Å²) in [6, 6.07) is 11.6. The SMILES string of the molecule is O=C(CCn1c(=O)oc2ccccc21)NC1CCSc2ccc(F)cc21. The number of carbonyl (C=O) groups excluding carboxylic acids is 1. The van der Waals surface area contributed by atoms with Crippen LogP contribution in [0.25, 0.3) is 11.1 Å². The minimum absolute atomic E-state index is 0.151. The molecule has 0 bridgehead atoms. The number of carbonyl (C=O) groups is 1. The third-order valence-corrected chi connectivity index (χ3v) is 5.61. The smallest absolute Gasteiger partial charge is 0.408 e. The molecule has 5 nitrogen and oxygen atoms in total. The Kier molecular flexibility index (Phi) is 4.55. The molecule has 1 amide bonds. The van der Waals surface area contributed by atoms with E-state index in [0.29, 0.717) is 11.1 Å². The van der Waals surface area contributed by atoms with E-state index >= 15 is 0 Å². The van der Waals surface area contributed by atoms with Gasteiger partial charge in [-0.2, -0.15) is 0 Å². The molecule has 134 valence electrons. The molecule has 2 aromatic carbocycles. The van der Waals surface area contributed by atoms with Gasteiger partial charge in [-0.05, 0) is 42.3 Å². The Hall–Kier alpha value is -2.54. The van der Waals surface area contributed by atoms with Gasteiger partial charge in [-0.15, -0.1) is 11.8 Å². The number of benzene rings is 2. The van der Waals surface area contributed by atoms with Crippen molar-refractivity contribution in [2.75, 3.05) is 5.75 Å². The van der Waals surface area contributed by atoms with Crippen LogP contribution in [0, 0.1) is 5.82 Å². The zero-order valence-electron chi connectivity index (χ0n) is 13.9. The molecule has 0 saturated heterocycles. The minimum Gasteiger partial charge on any atom is -0.408 e. The summed E-state index contributed by atoms with van der Waals surface area (Å²) >= 11 is 1.67. The molecule has 7 heteroatoms. The first-order chi connectivity index (χ1) is 12.6. The van der Waals surface area contributed by atoms with Crippen LogP contribution in [-0.2, 0) is 11.3 Å². The van der Waals surface area contributed by atoms with Crippen molar-refractivity contribution in [1.82, 2.24) is 9.88 Å². The predicted molar refractivity (Wildman–Crippen MR) is 97.7 cm³/mol. The van der Waals surface area contributed by atoms with E-state index < -0.39 is 5.76 Å².